The molecular weight excluding hydrogens is 398 g/mol. The predicted octanol–water partition coefficient (Wildman–Crippen LogP) is 2.93. The Morgan fingerprint density at radius 1 is 1.03 bits per heavy atom. The summed E-state index contributed by atoms with van der Waals surface area (Å²) in [7, 11) is 0. The fourth-order valence-electron chi connectivity index (χ4n) is 4.23. The number of pyridine rings is 2. The number of nitrogens with zero attached hydrogens (tertiary/aromatic N) is 6. The van der Waals surface area contributed by atoms with E-state index in [0.717, 1.165) is 78.7 Å². The molecule has 4 heterocycles. The lowest BCUT2D eigenvalue weighted by Gasteiger charge is -2.33. The lowest BCUT2D eigenvalue weighted by atomic mass is 10.0. The van der Waals surface area contributed by atoms with Gasteiger partial charge in [-0.1, -0.05) is 18.8 Å². The average molecular weight is 426 g/mol. The molecule has 4 aromatic rings. The summed E-state index contributed by atoms with van der Waals surface area (Å²) in [5.41, 5.74) is 8.16. The first-order valence-electron chi connectivity index (χ1n) is 11.1. The molecule has 0 atom stereocenters. The van der Waals surface area contributed by atoms with Gasteiger partial charge in [0.05, 0.1) is 5.52 Å². The van der Waals surface area contributed by atoms with Gasteiger partial charge < -0.3 is 10.6 Å². The molecule has 7 nitrogen and oxygen atoms in total. The van der Waals surface area contributed by atoms with E-state index in [0.29, 0.717) is 5.82 Å². The fraction of sp³-hybridized carbons (Fsp3) is 0.320. The molecule has 0 spiro atoms. The second kappa shape index (κ2) is 8.95. The molecular formula is C25H27N7. The average Bonchev–Trinajstić information content (AvgIpc) is 3.37. The van der Waals surface area contributed by atoms with Crippen molar-refractivity contribution in [2.24, 2.45) is 0 Å². The SMILES string of the molecule is CCN1CCN(CCC#Cc2ccc3ncc4c(N)nc(-n5ccnc5)cc4c3c2)CC1. The summed E-state index contributed by atoms with van der Waals surface area (Å²) in [5.74, 6) is 7.89. The molecule has 1 aliphatic rings. The van der Waals surface area contributed by atoms with Gasteiger partial charge in [-0.25, -0.2) is 9.97 Å². The van der Waals surface area contributed by atoms with E-state index in [-0.39, 0.29) is 0 Å². The number of hydrogen-bond acceptors (Lipinski definition) is 6. The van der Waals surface area contributed by atoms with Crippen LogP contribution in [0.5, 0.6) is 0 Å². The van der Waals surface area contributed by atoms with Gasteiger partial charge in [0.1, 0.15) is 18.0 Å². The van der Waals surface area contributed by atoms with Gasteiger partial charge >= 0.3 is 0 Å². The molecule has 1 aromatic carbocycles. The Labute approximate surface area is 187 Å². The minimum absolute atomic E-state index is 0.459. The van der Waals surface area contributed by atoms with Gasteiger partial charge in [-0.2, -0.15) is 0 Å². The van der Waals surface area contributed by atoms with E-state index in [4.69, 9.17) is 5.73 Å². The molecule has 0 saturated carbocycles. The van der Waals surface area contributed by atoms with Crippen LogP contribution in [0.4, 0.5) is 5.82 Å². The van der Waals surface area contributed by atoms with Crippen molar-refractivity contribution in [3.63, 3.8) is 0 Å². The molecule has 3 aromatic heterocycles. The van der Waals surface area contributed by atoms with Gasteiger partial charge in [0.25, 0.3) is 0 Å². The Bertz CT molecular complexity index is 1290. The van der Waals surface area contributed by atoms with Crippen molar-refractivity contribution in [3.05, 3.63) is 54.7 Å². The van der Waals surface area contributed by atoms with Gasteiger partial charge in [-0.15, -0.1) is 0 Å². The third-order valence-electron chi connectivity index (χ3n) is 6.16. The Balaban J connectivity index is 1.40. The number of nitrogen functional groups attached to an aromatic ring is 1. The fourth-order valence-corrected chi connectivity index (χ4v) is 4.23. The zero-order chi connectivity index (χ0) is 21.9. The maximum absolute atomic E-state index is 6.26. The minimum Gasteiger partial charge on any atom is -0.383 e. The number of anilines is 1. The van der Waals surface area contributed by atoms with E-state index in [1.54, 1.807) is 18.7 Å². The highest BCUT2D eigenvalue weighted by Crippen LogP contribution is 2.29. The van der Waals surface area contributed by atoms with Crippen molar-refractivity contribution in [2.75, 3.05) is 45.0 Å². The second-order valence-corrected chi connectivity index (χ2v) is 8.11. The third-order valence-corrected chi connectivity index (χ3v) is 6.16. The second-order valence-electron chi connectivity index (χ2n) is 8.11. The normalized spacial score (nSPS) is 15.2. The molecule has 0 bridgehead atoms. The van der Waals surface area contributed by atoms with Crippen molar-refractivity contribution in [3.8, 4) is 17.7 Å². The molecule has 5 rings (SSSR count). The first-order chi connectivity index (χ1) is 15.7. The van der Waals surface area contributed by atoms with Gasteiger partial charge in [0, 0.05) is 79.5 Å². The van der Waals surface area contributed by atoms with E-state index < -0.39 is 0 Å². The quantitative estimate of drug-likeness (QED) is 0.400. The van der Waals surface area contributed by atoms with Crippen LogP contribution >= 0.6 is 0 Å². The number of rotatable bonds is 4. The Morgan fingerprint density at radius 3 is 2.66 bits per heavy atom. The van der Waals surface area contributed by atoms with E-state index in [1.165, 1.54) is 0 Å². The van der Waals surface area contributed by atoms with Crippen LogP contribution in [-0.2, 0) is 0 Å². The number of imidazole rings is 1. The number of hydrogen-bond donors (Lipinski definition) is 1. The van der Waals surface area contributed by atoms with Crippen LogP contribution in [0.2, 0.25) is 0 Å². The lowest BCUT2D eigenvalue weighted by molar-refractivity contribution is 0.139. The van der Waals surface area contributed by atoms with Crippen LogP contribution in [0.25, 0.3) is 27.5 Å². The zero-order valence-corrected chi connectivity index (χ0v) is 18.3. The molecule has 1 saturated heterocycles. The van der Waals surface area contributed by atoms with E-state index in [1.807, 2.05) is 29.0 Å². The lowest BCUT2D eigenvalue weighted by Crippen LogP contribution is -2.46. The number of nitrogens with two attached hydrogens (primary N) is 1. The van der Waals surface area contributed by atoms with Crippen molar-refractivity contribution in [2.45, 2.75) is 13.3 Å². The molecule has 0 unspecified atom stereocenters. The van der Waals surface area contributed by atoms with Crippen molar-refractivity contribution in [1.82, 2.24) is 29.3 Å². The van der Waals surface area contributed by atoms with Crippen molar-refractivity contribution in [1.29, 1.82) is 0 Å². The molecule has 7 heteroatoms. The Hall–Kier alpha value is -3.47. The molecule has 0 amide bonds. The summed E-state index contributed by atoms with van der Waals surface area (Å²) < 4.78 is 1.85. The van der Waals surface area contributed by atoms with Gasteiger partial charge in [-0.05, 0) is 30.8 Å². The largest absolute Gasteiger partial charge is 0.383 e. The van der Waals surface area contributed by atoms with Crippen LogP contribution in [0.3, 0.4) is 0 Å². The number of benzene rings is 1. The maximum Gasteiger partial charge on any atom is 0.140 e. The molecule has 162 valence electrons. The minimum atomic E-state index is 0.459. The van der Waals surface area contributed by atoms with Crippen molar-refractivity contribution >= 4 is 27.5 Å². The Morgan fingerprint density at radius 2 is 1.88 bits per heavy atom. The third kappa shape index (κ3) is 4.15. The number of piperazine rings is 1. The van der Waals surface area contributed by atoms with Crippen LogP contribution < -0.4 is 5.73 Å². The van der Waals surface area contributed by atoms with Gasteiger partial charge in [0.2, 0.25) is 0 Å². The highest BCUT2D eigenvalue weighted by Gasteiger charge is 2.14. The molecule has 1 fully saturated rings. The maximum atomic E-state index is 6.26. The van der Waals surface area contributed by atoms with Crippen LogP contribution in [0, 0.1) is 11.8 Å². The summed E-state index contributed by atoms with van der Waals surface area (Å²) in [4.78, 5) is 18.2. The summed E-state index contributed by atoms with van der Waals surface area (Å²) in [6, 6.07) is 8.20. The zero-order valence-electron chi connectivity index (χ0n) is 18.3. The summed E-state index contributed by atoms with van der Waals surface area (Å²) in [6.45, 7) is 8.99. The van der Waals surface area contributed by atoms with Crippen LogP contribution in [0.1, 0.15) is 18.9 Å². The first-order valence-corrected chi connectivity index (χ1v) is 11.1. The topological polar surface area (TPSA) is 76.1 Å². The van der Waals surface area contributed by atoms with Gasteiger partial charge in [-0.3, -0.25) is 14.5 Å². The van der Waals surface area contributed by atoms with Crippen LogP contribution in [0.15, 0.2) is 49.2 Å². The summed E-state index contributed by atoms with van der Waals surface area (Å²) in [6.07, 6.45) is 7.97. The highest BCUT2D eigenvalue weighted by molar-refractivity contribution is 6.09. The number of aromatic nitrogens is 4. The van der Waals surface area contributed by atoms with Crippen molar-refractivity contribution < 1.29 is 0 Å². The molecule has 0 aliphatic carbocycles. The standard InChI is InChI=1S/C25H27N7/c1-2-30-11-13-31(14-12-30)9-4-3-5-19-6-7-23-21(15-19)20-16-24(32-10-8-27-18-32)29-25(26)22(20)17-28-23/h6-8,10,15-18H,2,4,9,11-14H2,1H3,(H2,26,29). The number of likely N-dealkylation sites (N-methyl/N-ethyl adjacent to an activating group) is 1. The van der Waals surface area contributed by atoms with E-state index in [2.05, 4.69) is 49.6 Å². The van der Waals surface area contributed by atoms with E-state index in [9.17, 15) is 0 Å². The summed E-state index contributed by atoms with van der Waals surface area (Å²) in [5, 5.41) is 2.89. The highest BCUT2D eigenvalue weighted by atomic mass is 15.3. The number of fused-ring (bicyclic) bond motifs is 3. The predicted molar refractivity (Wildman–Crippen MR) is 129 cm³/mol. The Kier molecular flexibility index (Phi) is 5.71. The molecule has 32 heavy (non-hydrogen) atoms. The molecule has 2 N–H and O–H groups in total. The smallest absolute Gasteiger partial charge is 0.140 e. The molecule has 1 aliphatic heterocycles. The monoisotopic (exact) mass is 425 g/mol. The van der Waals surface area contributed by atoms with Crippen LogP contribution in [-0.4, -0.2) is 68.6 Å². The molecule has 0 radical (unpaired) electrons. The van der Waals surface area contributed by atoms with Gasteiger partial charge in [0.15, 0.2) is 0 Å². The summed E-state index contributed by atoms with van der Waals surface area (Å²) >= 11 is 0. The van der Waals surface area contributed by atoms with E-state index >= 15 is 0 Å². The first kappa shape index (κ1) is 20.4.